The van der Waals surface area contributed by atoms with Crippen LogP contribution in [0.3, 0.4) is 0 Å². The minimum Gasteiger partial charge on any atom is -0.350 e. The molecular weight excluding hydrogens is 338 g/mol. The summed E-state index contributed by atoms with van der Waals surface area (Å²) in [6.07, 6.45) is 6.15. The van der Waals surface area contributed by atoms with Crippen molar-refractivity contribution in [1.29, 1.82) is 0 Å². The molecular formula is C21H19N5O. The van der Waals surface area contributed by atoms with E-state index in [2.05, 4.69) is 15.5 Å². The van der Waals surface area contributed by atoms with Crippen LogP contribution in [0.2, 0.25) is 0 Å². The van der Waals surface area contributed by atoms with Crippen LogP contribution in [0.4, 0.5) is 0 Å². The first-order valence-corrected chi connectivity index (χ1v) is 8.78. The summed E-state index contributed by atoms with van der Waals surface area (Å²) in [5.74, 6) is -0.146. The largest absolute Gasteiger partial charge is 0.350 e. The molecule has 6 nitrogen and oxygen atoms in total. The van der Waals surface area contributed by atoms with Gasteiger partial charge in [0.05, 0.1) is 23.8 Å². The Morgan fingerprint density at radius 2 is 1.59 bits per heavy atom. The van der Waals surface area contributed by atoms with Gasteiger partial charge in [0.1, 0.15) is 5.69 Å². The number of carbonyl (C=O) groups excluding carboxylic acids is 1. The molecule has 2 aromatic heterocycles. The zero-order chi connectivity index (χ0) is 18.5. The molecule has 4 aromatic rings. The van der Waals surface area contributed by atoms with Crippen LogP contribution in [0.15, 0.2) is 85.3 Å². The molecule has 4 rings (SSSR count). The standard InChI is InChI=1S/C21H19N5O/c27-21(20-12-14-23-26(20)19-9-5-2-6-10-19)22-13-11-17-15-24-25(16-17)18-7-3-1-4-8-18/h1-10,12,14-16H,11,13H2,(H,22,27). The molecule has 0 aliphatic heterocycles. The van der Waals surface area contributed by atoms with E-state index < -0.39 is 0 Å². The number of nitrogens with one attached hydrogen (secondary N) is 1. The fourth-order valence-corrected chi connectivity index (χ4v) is 2.87. The lowest BCUT2D eigenvalue weighted by Crippen LogP contribution is -2.27. The average Bonchev–Trinajstić information content (AvgIpc) is 3.39. The summed E-state index contributed by atoms with van der Waals surface area (Å²) in [7, 11) is 0. The summed E-state index contributed by atoms with van der Waals surface area (Å²) in [5, 5.41) is 11.6. The molecule has 2 aromatic carbocycles. The molecule has 0 bridgehead atoms. The molecule has 6 heteroatoms. The van der Waals surface area contributed by atoms with Crippen molar-refractivity contribution in [2.75, 3.05) is 6.54 Å². The highest BCUT2D eigenvalue weighted by atomic mass is 16.2. The normalized spacial score (nSPS) is 10.7. The lowest BCUT2D eigenvalue weighted by atomic mass is 10.2. The van der Waals surface area contributed by atoms with Crippen molar-refractivity contribution < 1.29 is 4.79 Å². The number of benzene rings is 2. The van der Waals surface area contributed by atoms with Crippen molar-refractivity contribution in [3.05, 3.63) is 96.6 Å². The van der Waals surface area contributed by atoms with Crippen molar-refractivity contribution in [3.63, 3.8) is 0 Å². The van der Waals surface area contributed by atoms with E-state index in [0.717, 1.165) is 16.9 Å². The van der Waals surface area contributed by atoms with Gasteiger partial charge in [0.2, 0.25) is 0 Å². The highest BCUT2D eigenvalue weighted by molar-refractivity contribution is 5.93. The summed E-state index contributed by atoms with van der Waals surface area (Å²) in [4.78, 5) is 12.5. The van der Waals surface area contributed by atoms with Crippen molar-refractivity contribution in [2.45, 2.75) is 6.42 Å². The van der Waals surface area contributed by atoms with Crippen LogP contribution in [-0.2, 0) is 6.42 Å². The van der Waals surface area contributed by atoms with Gasteiger partial charge in [-0.2, -0.15) is 10.2 Å². The predicted molar refractivity (Wildman–Crippen MR) is 103 cm³/mol. The molecule has 0 atom stereocenters. The van der Waals surface area contributed by atoms with Gasteiger partial charge in [-0.15, -0.1) is 0 Å². The number of carbonyl (C=O) groups is 1. The third kappa shape index (κ3) is 3.79. The first kappa shape index (κ1) is 16.8. The number of amides is 1. The van der Waals surface area contributed by atoms with Crippen LogP contribution in [0.25, 0.3) is 11.4 Å². The molecule has 0 spiro atoms. The van der Waals surface area contributed by atoms with Crippen LogP contribution >= 0.6 is 0 Å². The van der Waals surface area contributed by atoms with Gasteiger partial charge in [0, 0.05) is 12.7 Å². The summed E-state index contributed by atoms with van der Waals surface area (Å²) in [6.45, 7) is 0.527. The lowest BCUT2D eigenvalue weighted by Gasteiger charge is -2.08. The molecule has 27 heavy (non-hydrogen) atoms. The van der Waals surface area contributed by atoms with Crippen molar-refractivity contribution in [1.82, 2.24) is 24.9 Å². The quantitative estimate of drug-likeness (QED) is 0.577. The highest BCUT2D eigenvalue weighted by Crippen LogP contribution is 2.10. The molecule has 0 fully saturated rings. The maximum atomic E-state index is 12.5. The smallest absolute Gasteiger partial charge is 0.270 e. The summed E-state index contributed by atoms with van der Waals surface area (Å²) in [5.41, 5.74) is 3.45. The van der Waals surface area contributed by atoms with Gasteiger partial charge in [-0.3, -0.25) is 4.79 Å². The van der Waals surface area contributed by atoms with E-state index in [0.29, 0.717) is 18.7 Å². The van der Waals surface area contributed by atoms with Crippen molar-refractivity contribution in [3.8, 4) is 11.4 Å². The van der Waals surface area contributed by atoms with Crippen LogP contribution < -0.4 is 5.32 Å². The first-order chi connectivity index (χ1) is 13.3. The number of hydrogen-bond donors (Lipinski definition) is 1. The number of nitrogens with zero attached hydrogens (tertiary/aromatic N) is 4. The van der Waals surface area contributed by atoms with Gasteiger partial charge in [0.25, 0.3) is 5.91 Å². The van der Waals surface area contributed by atoms with E-state index in [1.807, 2.05) is 77.7 Å². The molecule has 0 aliphatic carbocycles. The third-order valence-electron chi connectivity index (χ3n) is 4.23. The summed E-state index contributed by atoms with van der Waals surface area (Å²) < 4.78 is 3.48. The molecule has 1 N–H and O–H groups in total. The second-order valence-electron chi connectivity index (χ2n) is 6.10. The topological polar surface area (TPSA) is 64.7 Å². The van der Waals surface area contributed by atoms with E-state index in [4.69, 9.17) is 0 Å². The molecule has 0 radical (unpaired) electrons. The summed E-state index contributed by atoms with van der Waals surface area (Å²) >= 11 is 0. The summed E-state index contributed by atoms with van der Waals surface area (Å²) in [6, 6.07) is 21.3. The molecule has 0 saturated heterocycles. The Morgan fingerprint density at radius 3 is 2.33 bits per heavy atom. The van der Waals surface area contributed by atoms with E-state index in [1.54, 1.807) is 16.9 Å². The van der Waals surface area contributed by atoms with E-state index >= 15 is 0 Å². The van der Waals surface area contributed by atoms with Crippen molar-refractivity contribution in [2.24, 2.45) is 0 Å². The fourth-order valence-electron chi connectivity index (χ4n) is 2.87. The number of hydrogen-bond acceptors (Lipinski definition) is 3. The number of para-hydroxylation sites is 2. The maximum Gasteiger partial charge on any atom is 0.270 e. The Balaban J connectivity index is 1.37. The number of rotatable bonds is 6. The zero-order valence-corrected chi connectivity index (χ0v) is 14.7. The van der Waals surface area contributed by atoms with Crippen LogP contribution in [0.1, 0.15) is 16.1 Å². The van der Waals surface area contributed by atoms with Crippen molar-refractivity contribution >= 4 is 5.91 Å². The number of aromatic nitrogens is 4. The second-order valence-corrected chi connectivity index (χ2v) is 6.10. The monoisotopic (exact) mass is 357 g/mol. The van der Waals surface area contributed by atoms with E-state index in [1.165, 1.54) is 0 Å². The first-order valence-electron chi connectivity index (χ1n) is 8.78. The van der Waals surface area contributed by atoms with Gasteiger partial charge in [0.15, 0.2) is 0 Å². The van der Waals surface area contributed by atoms with Crippen LogP contribution in [0, 0.1) is 0 Å². The minimum absolute atomic E-state index is 0.146. The molecule has 2 heterocycles. The average molecular weight is 357 g/mol. The molecule has 0 saturated carbocycles. The molecule has 134 valence electrons. The Morgan fingerprint density at radius 1 is 0.889 bits per heavy atom. The SMILES string of the molecule is O=C(NCCc1cnn(-c2ccccc2)c1)c1ccnn1-c1ccccc1. The molecule has 0 aliphatic rings. The van der Waals surface area contributed by atoms with Gasteiger partial charge < -0.3 is 5.32 Å². The Bertz CT molecular complexity index is 1020. The minimum atomic E-state index is -0.146. The van der Waals surface area contributed by atoms with Crippen LogP contribution in [-0.4, -0.2) is 32.0 Å². The second kappa shape index (κ2) is 7.70. The van der Waals surface area contributed by atoms with E-state index in [9.17, 15) is 4.79 Å². The third-order valence-corrected chi connectivity index (χ3v) is 4.23. The van der Waals surface area contributed by atoms with Gasteiger partial charge in [-0.1, -0.05) is 36.4 Å². The van der Waals surface area contributed by atoms with Gasteiger partial charge in [-0.05, 0) is 42.3 Å². The predicted octanol–water partition coefficient (Wildman–Crippen LogP) is 3.03. The van der Waals surface area contributed by atoms with E-state index in [-0.39, 0.29) is 5.91 Å². The fraction of sp³-hybridized carbons (Fsp3) is 0.0952. The molecule has 1 amide bonds. The lowest BCUT2D eigenvalue weighted by molar-refractivity contribution is 0.0946. The van der Waals surface area contributed by atoms with Gasteiger partial charge >= 0.3 is 0 Å². The highest BCUT2D eigenvalue weighted by Gasteiger charge is 2.13. The Hall–Kier alpha value is -3.67. The van der Waals surface area contributed by atoms with Gasteiger partial charge in [-0.25, -0.2) is 9.36 Å². The van der Waals surface area contributed by atoms with Crippen LogP contribution in [0.5, 0.6) is 0 Å². The Kier molecular flexibility index (Phi) is 4.78. The maximum absolute atomic E-state index is 12.5. The zero-order valence-electron chi connectivity index (χ0n) is 14.7. The Labute approximate surface area is 157 Å². The molecule has 0 unspecified atom stereocenters.